The van der Waals surface area contributed by atoms with E-state index in [0.717, 1.165) is 77.2 Å². The summed E-state index contributed by atoms with van der Waals surface area (Å²) in [4.78, 5) is 13.9. The minimum absolute atomic E-state index is 0.0173. The number of carbonyl (C=O) groups is 1. The number of fused-ring (bicyclic) bond motifs is 5. The van der Waals surface area contributed by atoms with Crippen LogP contribution >= 0.6 is 0 Å². The van der Waals surface area contributed by atoms with Gasteiger partial charge in [-0.1, -0.05) is 57.0 Å². The predicted molar refractivity (Wildman–Crippen MR) is 164 cm³/mol. The second kappa shape index (κ2) is 13.3. The highest BCUT2D eigenvalue weighted by molar-refractivity contribution is 5.77. The van der Waals surface area contributed by atoms with E-state index >= 15 is 0 Å². The van der Waals surface area contributed by atoms with Crippen LogP contribution in [0, 0.1) is 17.3 Å². The largest absolute Gasteiger partial charge is 0.508 e. The van der Waals surface area contributed by atoms with Crippen molar-refractivity contribution in [3.63, 3.8) is 0 Å². The van der Waals surface area contributed by atoms with Crippen molar-refractivity contribution in [2.24, 2.45) is 17.3 Å². The van der Waals surface area contributed by atoms with Gasteiger partial charge in [0.1, 0.15) is 12.4 Å². The van der Waals surface area contributed by atoms with Crippen LogP contribution in [-0.2, 0) is 22.4 Å². The Morgan fingerprint density at radius 1 is 1.05 bits per heavy atom. The van der Waals surface area contributed by atoms with Gasteiger partial charge in [0, 0.05) is 20.2 Å². The lowest BCUT2D eigenvalue weighted by molar-refractivity contribution is -0.134. The number of phenolic OH excluding ortho intramolecular Hbond substituents is 1. The van der Waals surface area contributed by atoms with Crippen LogP contribution in [0.5, 0.6) is 5.75 Å². The molecule has 0 heterocycles. The normalized spacial score (nSPS) is 28.5. The van der Waals surface area contributed by atoms with Crippen molar-refractivity contribution in [3.8, 4) is 5.75 Å². The van der Waals surface area contributed by atoms with Gasteiger partial charge in [-0.25, -0.2) is 0 Å². The summed E-state index contributed by atoms with van der Waals surface area (Å²) in [6.45, 7) is 6.12. The fourth-order valence-electron chi connectivity index (χ4n) is 8.42. The van der Waals surface area contributed by atoms with Gasteiger partial charge in [-0.3, -0.25) is 4.79 Å². The molecule has 0 aromatic heterocycles. The van der Waals surface area contributed by atoms with E-state index in [9.17, 15) is 15.0 Å². The molecule has 0 aliphatic heterocycles. The third-order valence-corrected chi connectivity index (χ3v) is 10.8. The van der Waals surface area contributed by atoms with Gasteiger partial charge in [0.05, 0.1) is 6.10 Å². The van der Waals surface area contributed by atoms with Crippen LogP contribution in [0.3, 0.4) is 0 Å². The summed E-state index contributed by atoms with van der Waals surface area (Å²) in [5.41, 5.74) is 5.48. The lowest BCUT2D eigenvalue weighted by Crippen LogP contribution is -2.47. The van der Waals surface area contributed by atoms with Crippen LogP contribution in [0.2, 0.25) is 0 Å². The third-order valence-electron chi connectivity index (χ3n) is 10.8. The van der Waals surface area contributed by atoms with E-state index in [0.29, 0.717) is 36.0 Å². The SMILES string of the molecule is CCCCN(C)C(=O)COCCCCCc1ccc([C@H]2C[C@]3(C)[C@@H](O)CC[C@H]3[C@@H]3CCc4cc(O)ccc4[C@H]32)cc1. The Labute approximate surface area is 247 Å². The summed E-state index contributed by atoms with van der Waals surface area (Å²) >= 11 is 0. The molecule has 0 unspecified atom stereocenters. The maximum Gasteiger partial charge on any atom is 0.248 e. The minimum atomic E-state index is -0.208. The maximum atomic E-state index is 12.1. The molecule has 224 valence electrons. The number of phenols is 1. The third kappa shape index (κ3) is 6.51. The molecule has 0 spiro atoms. The summed E-state index contributed by atoms with van der Waals surface area (Å²) in [7, 11) is 1.86. The van der Waals surface area contributed by atoms with Crippen LogP contribution in [0.25, 0.3) is 0 Å². The van der Waals surface area contributed by atoms with Crippen LogP contribution in [0.4, 0.5) is 0 Å². The standard InChI is InChI=1S/C36H51NO4/c1-4-5-20-37(3)34(40)24-41-21-8-6-7-9-25-10-12-26(13-11-25)31-23-36(2)32(18-19-33(36)39)30-16-14-27-22-28(38)15-17-29(27)35(30)31/h10-13,15,17,22,30-33,35,38-39H,4-9,14,16,18-21,23-24H2,1-3H3/t30-,31+,32-,33-,35+,36-/m0/s1. The molecule has 5 nitrogen and oxygen atoms in total. The maximum absolute atomic E-state index is 12.1. The zero-order valence-electron chi connectivity index (χ0n) is 25.5. The number of aliphatic hydroxyl groups excluding tert-OH is 1. The zero-order chi connectivity index (χ0) is 29.0. The van der Waals surface area contributed by atoms with Crippen molar-refractivity contribution in [1.29, 1.82) is 0 Å². The quantitative estimate of drug-likeness (QED) is 0.274. The zero-order valence-corrected chi connectivity index (χ0v) is 25.5. The number of nitrogens with zero attached hydrogens (tertiary/aromatic N) is 1. The second-order valence-electron chi connectivity index (χ2n) is 13.4. The highest BCUT2D eigenvalue weighted by atomic mass is 16.5. The van der Waals surface area contributed by atoms with Crippen molar-refractivity contribution < 1.29 is 19.7 Å². The van der Waals surface area contributed by atoms with Gasteiger partial charge < -0.3 is 19.8 Å². The molecule has 2 aromatic carbocycles. The average Bonchev–Trinajstić information content (AvgIpc) is 3.28. The van der Waals surface area contributed by atoms with E-state index < -0.39 is 0 Å². The van der Waals surface area contributed by atoms with Gasteiger partial charge >= 0.3 is 0 Å². The van der Waals surface area contributed by atoms with Gasteiger partial charge in [-0.15, -0.1) is 0 Å². The molecule has 5 rings (SSSR count). The first kappa shape index (κ1) is 30.1. The van der Waals surface area contributed by atoms with Crippen molar-refractivity contribution in [2.75, 3.05) is 26.8 Å². The summed E-state index contributed by atoms with van der Waals surface area (Å²) < 4.78 is 5.63. The Morgan fingerprint density at radius 3 is 2.63 bits per heavy atom. The number of ether oxygens (including phenoxy) is 1. The lowest BCUT2D eigenvalue weighted by Gasteiger charge is -2.54. The molecule has 2 aromatic rings. The van der Waals surface area contributed by atoms with E-state index in [1.807, 2.05) is 19.2 Å². The molecular formula is C36H51NO4. The van der Waals surface area contributed by atoms with E-state index in [1.165, 1.54) is 22.3 Å². The highest BCUT2D eigenvalue weighted by Crippen LogP contribution is 2.65. The number of hydrogen-bond donors (Lipinski definition) is 2. The Morgan fingerprint density at radius 2 is 1.85 bits per heavy atom. The van der Waals surface area contributed by atoms with Gasteiger partial charge in [-0.05, 0) is 121 Å². The summed E-state index contributed by atoms with van der Waals surface area (Å²) in [5, 5.41) is 21.3. The fourth-order valence-corrected chi connectivity index (χ4v) is 8.42. The van der Waals surface area contributed by atoms with E-state index in [1.54, 1.807) is 4.90 Å². The molecule has 41 heavy (non-hydrogen) atoms. The van der Waals surface area contributed by atoms with Crippen LogP contribution in [0.15, 0.2) is 42.5 Å². The molecule has 2 fully saturated rings. The number of aromatic hydroxyl groups is 1. The predicted octanol–water partition coefficient (Wildman–Crippen LogP) is 6.99. The van der Waals surface area contributed by atoms with Gasteiger partial charge in [0.25, 0.3) is 0 Å². The topological polar surface area (TPSA) is 70.0 Å². The minimum Gasteiger partial charge on any atom is -0.508 e. The van der Waals surface area contributed by atoms with E-state index in [2.05, 4.69) is 44.2 Å². The summed E-state index contributed by atoms with van der Waals surface area (Å²) in [5.74, 6) is 2.44. The molecule has 3 aliphatic rings. The molecule has 0 saturated heterocycles. The van der Waals surface area contributed by atoms with Crippen LogP contribution in [-0.4, -0.2) is 53.9 Å². The highest BCUT2D eigenvalue weighted by Gasteiger charge is 2.57. The first-order valence-electron chi connectivity index (χ1n) is 16.2. The van der Waals surface area contributed by atoms with Crippen LogP contribution in [0.1, 0.15) is 106 Å². The number of rotatable bonds is 12. The first-order valence-corrected chi connectivity index (χ1v) is 16.2. The molecule has 0 radical (unpaired) electrons. The summed E-state index contributed by atoms with van der Waals surface area (Å²) in [6, 6.07) is 15.4. The Balaban J connectivity index is 1.17. The molecule has 0 bridgehead atoms. The molecule has 6 atom stereocenters. The number of aryl methyl sites for hydroxylation is 2. The molecule has 2 N–H and O–H groups in total. The van der Waals surface area contributed by atoms with Gasteiger partial charge in [0.2, 0.25) is 5.91 Å². The van der Waals surface area contributed by atoms with Crippen molar-refractivity contribution in [1.82, 2.24) is 4.90 Å². The fraction of sp³-hybridized carbons (Fsp3) is 0.639. The average molecular weight is 562 g/mol. The monoisotopic (exact) mass is 561 g/mol. The molecular weight excluding hydrogens is 510 g/mol. The molecule has 2 saturated carbocycles. The lowest BCUT2D eigenvalue weighted by atomic mass is 9.51. The summed E-state index contributed by atoms with van der Waals surface area (Å²) in [6.07, 6.45) is 11.4. The number of carbonyl (C=O) groups excluding carboxylic acids is 1. The van der Waals surface area contributed by atoms with E-state index in [4.69, 9.17) is 4.74 Å². The molecule has 3 aliphatic carbocycles. The number of likely N-dealkylation sites (N-methyl/N-ethyl adjacent to an activating group) is 1. The number of amides is 1. The van der Waals surface area contributed by atoms with Crippen LogP contribution < -0.4 is 0 Å². The Kier molecular flexibility index (Phi) is 9.76. The smallest absolute Gasteiger partial charge is 0.248 e. The number of aliphatic hydroxyl groups is 1. The number of hydrogen-bond acceptors (Lipinski definition) is 4. The van der Waals surface area contributed by atoms with Crippen molar-refractivity contribution in [2.45, 2.75) is 102 Å². The molecule has 5 heteroatoms. The Bertz CT molecular complexity index is 1160. The second-order valence-corrected chi connectivity index (χ2v) is 13.4. The van der Waals surface area contributed by atoms with Gasteiger partial charge in [-0.2, -0.15) is 0 Å². The first-order chi connectivity index (χ1) is 19.8. The molecule has 1 amide bonds. The number of unbranched alkanes of at least 4 members (excludes halogenated alkanes) is 3. The van der Waals surface area contributed by atoms with Gasteiger partial charge in [0.15, 0.2) is 0 Å². The Hall–Kier alpha value is -2.37. The van der Waals surface area contributed by atoms with Crippen molar-refractivity contribution in [3.05, 3.63) is 64.7 Å². The van der Waals surface area contributed by atoms with E-state index in [-0.39, 0.29) is 24.0 Å². The van der Waals surface area contributed by atoms with Crippen molar-refractivity contribution >= 4 is 5.91 Å². The number of benzene rings is 2.